The summed E-state index contributed by atoms with van der Waals surface area (Å²) in [7, 11) is 0. The summed E-state index contributed by atoms with van der Waals surface area (Å²) in [6, 6.07) is 0. The number of hydrogen-bond acceptors (Lipinski definition) is 5. The number of hydrogen-bond donors (Lipinski definition) is 0. The average molecular weight is 529 g/mol. The molecular weight excluding hydrogens is 476 g/mol. The van der Waals surface area contributed by atoms with Crippen molar-refractivity contribution in [3.63, 3.8) is 0 Å². The molecule has 214 valence electrons. The molecule has 0 aromatic heterocycles. The molecule has 1 heterocycles. The van der Waals surface area contributed by atoms with E-state index in [4.69, 9.17) is 14.2 Å². The number of fused-ring (bicyclic) bond motifs is 5. The summed E-state index contributed by atoms with van der Waals surface area (Å²) < 4.78 is 16.0. The van der Waals surface area contributed by atoms with Crippen molar-refractivity contribution in [3.8, 4) is 0 Å². The second kappa shape index (κ2) is 10.5. The van der Waals surface area contributed by atoms with Gasteiger partial charge in [0.2, 0.25) is 0 Å². The van der Waals surface area contributed by atoms with E-state index in [1.807, 2.05) is 0 Å². The van der Waals surface area contributed by atoms with Crippen LogP contribution >= 0.6 is 0 Å². The number of esters is 1. The summed E-state index contributed by atoms with van der Waals surface area (Å²) in [5.41, 5.74) is 1.36. The highest BCUT2D eigenvalue weighted by molar-refractivity contribution is 5.78. The maximum atomic E-state index is 13.0. The van der Waals surface area contributed by atoms with E-state index < -0.39 is 11.6 Å². The minimum atomic E-state index is -0.917. The number of ether oxygens (including phenoxy) is 3. The molecule has 8 unspecified atom stereocenters. The van der Waals surface area contributed by atoms with E-state index in [2.05, 4.69) is 40.7 Å². The van der Waals surface area contributed by atoms with Crippen molar-refractivity contribution in [3.05, 3.63) is 11.6 Å². The standard InChI is InChI=1S/C33H52O5/c1-21(2)8-7-9-22(3)26-12-13-27-25-11-10-23-18-24(38-29(34)31(4)19-36-30(35)37-20-31)14-16-32(23,5)28(25)15-17-33(26,27)6/h10,21-22,24-28H,7-9,11-20H2,1-6H3. The highest BCUT2D eigenvalue weighted by Crippen LogP contribution is 2.67. The molecule has 0 amide bonds. The van der Waals surface area contributed by atoms with Gasteiger partial charge in [-0.3, -0.25) is 4.79 Å². The maximum Gasteiger partial charge on any atom is 0.508 e. The van der Waals surface area contributed by atoms with Crippen LogP contribution in [0.3, 0.4) is 0 Å². The van der Waals surface area contributed by atoms with Gasteiger partial charge in [-0.2, -0.15) is 0 Å². The quantitative estimate of drug-likeness (QED) is 0.247. The van der Waals surface area contributed by atoms with Gasteiger partial charge in [0.15, 0.2) is 0 Å². The molecule has 5 aliphatic rings. The molecule has 4 aliphatic carbocycles. The minimum Gasteiger partial charge on any atom is -0.461 e. The average Bonchev–Trinajstić information content (AvgIpc) is 3.23. The molecule has 5 rings (SSSR count). The van der Waals surface area contributed by atoms with E-state index in [9.17, 15) is 9.59 Å². The minimum absolute atomic E-state index is 0.0268. The molecule has 0 spiro atoms. The third-order valence-corrected chi connectivity index (χ3v) is 12.0. The Hall–Kier alpha value is -1.52. The van der Waals surface area contributed by atoms with Gasteiger partial charge in [0.1, 0.15) is 24.7 Å². The number of carbonyl (C=O) groups is 2. The van der Waals surface area contributed by atoms with Gasteiger partial charge in [0.05, 0.1) is 0 Å². The van der Waals surface area contributed by atoms with E-state index in [1.165, 1.54) is 56.9 Å². The largest absolute Gasteiger partial charge is 0.508 e. The van der Waals surface area contributed by atoms with Crippen molar-refractivity contribution < 1.29 is 23.8 Å². The Bertz CT molecular complexity index is 928. The van der Waals surface area contributed by atoms with E-state index in [0.29, 0.717) is 5.41 Å². The lowest BCUT2D eigenvalue weighted by Crippen LogP contribution is -2.51. The Morgan fingerprint density at radius 2 is 1.74 bits per heavy atom. The normalized spacial score (nSPS) is 40.7. The highest BCUT2D eigenvalue weighted by atomic mass is 16.7. The van der Waals surface area contributed by atoms with Gasteiger partial charge in [-0.05, 0) is 98.2 Å². The van der Waals surface area contributed by atoms with Crippen molar-refractivity contribution in [2.45, 2.75) is 118 Å². The second-order valence-electron chi connectivity index (χ2n) is 14.9. The molecule has 1 saturated heterocycles. The van der Waals surface area contributed by atoms with Crippen LogP contribution in [0.15, 0.2) is 11.6 Å². The van der Waals surface area contributed by atoms with Crippen LogP contribution in [0.1, 0.15) is 112 Å². The molecule has 0 radical (unpaired) electrons. The summed E-state index contributed by atoms with van der Waals surface area (Å²) >= 11 is 0. The number of allylic oxidation sites excluding steroid dienone is 1. The van der Waals surface area contributed by atoms with Crippen molar-refractivity contribution in [2.75, 3.05) is 13.2 Å². The lowest BCUT2D eigenvalue weighted by Gasteiger charge is -2.58. The van der Waals surface area contributed by atoms with Crippen LogP contribution in [0.25, 0.3) is 0 Å². The van der Waals surface area contributed by atoms with Gasteiger partial charge >= 0.3 is 12.1 Å². The molecule has 3 saturated carbocycles. The first-order valence-electron chi connectivity index (χ1n) is 15.7. The van der Waals surface area contributed by atoms with Crippen molar-refractivity contribution in [1.29, 1.82) is 0 Å². The summed E-state index contributed by atoms with van der Waals surface area (Å²) in [6.07, 6.45) is 15.5. The summed E-state index contributed by atoms with van der Waals surface area (Å²) in [5, 5.41) is 0. The molecule has 5 nitrogen and oxygen atoms in total. The predicted molar refractivity (Wildman–Crippen MR) is 148 cm³/mol. The van der Waals surface area contributed by atoms with Crippen LogP contribution in [-0.4, -0.2) is 31.4 Å². The number of cyclic esters (lactones) is 2. The van der Waals surface area contributed by atoms with Gasteiger partial charge in [0.25, 0.3) is 0 Å². The van der Waals surface area contributed by atoms with Crippen molar-refractivity contribution in [2.24, 2.45) is 51.8 Å². The van der Waals surface area contributed by atoms with Gasteiger partial charge in [0, 0.05) is 6.42 Å². The van der Waals surface area contributed by atoms with Gasteiger partial charge < -0.3 is 14.2 Å². The summed E-state index contributed by atoms with van der Waals surface area (Å²) in [4.78, 5) is 24.3. The third-order valence-electron chi connectivity index (χ3n) is 12.0. The Morgan fingerprint density at radius 3 is 2.45 bits per heavy atom. The Balaban J connectivity index is 1.23. The molecule has 0 aromatic carbocycles. The first kappa shape index (κ1) is 28.0. The van der Waals surface area contributed by atoms with E-state index in [1.54, 1.807) is 6.92 Å². The fourth-order valence-electron chi connectivity index (χ4n) is 9.68. The second-order valence-corrected chi connectivity index (χ2v) is 14.9. The molecule has 0 aromatic rings. The lowest BCUT2D eigenvalue weighted by molar-refractivity contribution is -0.173. The van der Waals surface area contributed by atoms with Crippen molar-refractivity contribution >= 4 is 12.1 Å². The van der Waals surface area contributed by atoms with Crippen molar-refractivity contribution in [1.82, 2.24) is 0 Å². The van der Waals surface area contributed by atoms with Gasteiger partial charge in [-0.15, -0.1) is 0 Å². The van der Waals surface area contributed by atoms with E-state index in [-0.39, 0.29) is 30.7 Å². The number of carbonyl (C=O) groups excluding carboxylic acids is 2. The zero-order chi connectivity index (χ0) is 27.3. The monoisotopic (exact) mass is 528 g/mol. The molecular formula is C33H52O5. The zero-order valence-corrected chi connectivity index (χ0v) is 24.9. The fourth-order valence-corrected chi connectivity index (χ4v) is 9.68. The highest BCUT2D eigenvalue weighted by Gasteiger charge is 2.59. The molecule has 4 fully saturated rings. The van der Waals surface area contributed by atoms with Crippen LogP contribution in [0, 0.1) is 51.8 Å². The Morgan fingerprint density at radius 1 is 1.00 bits per heavy atom. The molecule has 0 bridgehead atoms. The molecule has 8 atom stereocenters. The molecule has 38 heavy (non-hydrogen) atoms. The lowest BCUT2D eigenvalue weighted by atomic mass is 9.47. The smallest absolute Gasteiger partial charge is 0.461 e. The molecule has 5 heteroatoms. The maximum absolute atomic E-state index is 13.0. The van der Waals surface area contributed by atoms with Gasteiger partial charge in [-0.1, -0.05) is 65.5 Å². The molecule has 0 N–H and O–H groups in total. The topological polar surface area (TPSA) is 61.8 Å². The first-order valence-corrected chi connectivity index (χ1v) is 15.7. The SMILES string of the molecule is CC(C)CCCC(C)C1CCC2C3CC=C4CC(OC(=O)C5(C)COC(=O)OC5)CCC4(C)C3CCC12C. The Kier molecular flexibility index (Phi) is 7.72. The van der Waals surface area contributed by atoms with E-state index in [0.717, 1.165) is 54.8 Å². The zero-order valence-electron chi connectivity index (χ0n) is 24.9. The summed E-state index contributed by atoms with van der Waals surface area (Å²) in [6.45, 7) is 14.3. The summed E-state index contributed by atoms with van der Waals surface area (Å²) in [5.74, 6) is 4.67. The third kappa shape index (κ3) is 4.94. The Labute approximate surface area is 230 Å². The van der Waals surface area contributed by atoms with E-state index >= 15 is 0 Å². The molecule has 1 aliphatic heterocycles. The number of rotatable bonds is 7. The predicted octanol–water partition coefficient (Wildman–Crippen LogP) is 8.11. The van der Waals surface area contributed by atoms with Crippen LogP contribution in [-0.2, 0) is 19.0 Å². The fraction of sp³-hybridized carbons (Fsp3) is 0.879. The van der Waals surface area contributed by atoms with Crippen LogP contribution < -0.4 is 0 Å². The first-order chi connectivity index (χ1) is 18.0. The van der Waals surface area contributed by atoms with Crippen LogP contribution in [0.5, 0.6) is 0 Å². The van der Waals surface area contributed by atoms with Crippen LogP contribution in [0.2, 0.25) is 0 Å². The van der Waals surface area contributed by atoms with Crippen LogP contribution in [0.4, 0.5) is 4.79 Å². The van der Waals surface area contributed by atoms with Gasteiger partial charge in [-0.25, -0.2) is 4.79 Å².